The Bertz CT molecular complexity index is 531. The fourth-order valence-electron chi connectivity index (χ4n) is 4.04. The molecule has 0 aromatic heterocycles. The van der Waals surface area contributed by atoms with Crippen LogP contribution in [0.4, 0.5) is 0 Å². The predicted molar refractivity (Wildman–Crippen MR) is 82.3 cm³/mol. The molecule has 0 bridgehead atoms. The van der Waals surface area contributed by atoms with Crippen LogP contribution in [0.5, 0.6) is 0 Å². The Hall–Kier alpha value is -0.740. The van der Waals surface area contributed by atoms with Gasteiger partial charge in [0.15, 0.2) is 0 Å². The summed E-state index contributed by atoms with van der Waals surface area (Å²) in [7, 11) is 0. The van der Waals surface area contributed by atoms with E-state index < -0.39 is 21.4 Å². The zero-order valence-electron chi connectivity index (χ0n) is 11.7. The van der Waals surface area contributed by atoms with Crippen LogP contribution in [0.15, 0.2) is 40.2 Å². The molecule has 1 fully saturated rings. The van der Waals surface area contributed by atoms with Crippen LogP contribution in [0.3, 0.4) is 0 Å². The van der Waals surface area contributed by atoms with E-state index in [0.717, 1.165) is 24.8 Å². The normalized spacial score (nSPS) is 30.1. The molecule has 0 radical (unpaired) electrons. The molecule has 1 saturated carbocycles. The van der Waals surface area contributed by atoms with Crippen molar-refractivity contribution in [2.45, 2.75) is 32.7 Å². The Labute approximate surface area is 127 Å². The molecule has 3 atom stereocenters. The number of benzene rings is 1. The van der Waals surface area contributed by atoms with Gasteiger partial charge >= 0.3 is 128 Å². The molecule has 2 aliphatic rings. The standard InChI is InChI=1S/C12H15N2O.C4H6.In/c13-11(8-4-2-1-3-5-8)9-6-7-10(9)12(14)15;1-3-4-2;/h1-5,9,11H,6-7,13H2,(H2,14,15);1,3H,2,4H2;. The van der Waals surface area contributed by atoms with Crippen molar-refractivity contribution in [3.63, 3.8) is 0 Å². The van der Waals surface area contributed by atoms with E-state index in [2.05, 4.69) is 22.0 Å². The molecule has 1 amide bonds. The van der Waals surface area contributed by atoms with Crippen LogP contribution >= 0.6 is 0 Å². The minimum atomic E-state index is -2.04. The summed E-state index contributed by atoms with van der Waals surface area (Å²) >= 11 is -2.04. The molecule has 104 valence electrons. The van der Waals surface area contributed by atoms with E-state index in [4.69, 9.17) is 11.5 Å². The van der Waals surface area contributed by atoms with Crippen molar-refractivity contribution in [3.8, 4) is 0 Å². The van der Waals surface area contributed by atoms with Gasteiger partial charge in [0.1, 0.15) is 0 Å². The van der Waals surface area contributed by atoms with E-state index in [1.807, 2.05) is 18.2 Å². The molecule has 3 nitrogen and oxygen atoms in total. The first-order valence-electron chi connectivity index (χ1n) is 7.43. The SMILES string of the molecule is NC(=O)[C]1([In]2[CH]=CC[CH2]2)CCC1C(N)c1ccccc1. The Morgan fingerprint density at radius 1 is 1.35 bits per heavy atom. The van der Waals surface area contributed by atoms with Crippen LogP contribution in [-0.4, -0.2) is 27.3 Å². The number of allylic oxidation sites excluding steroid dienone is 1. The molecular formula is C16H21InN2O. The summed E-state index contributed by atoms with van der Waals surface area (Å²) in [5, 5.41) is 0. The number of amides is 1. The van der Waals surface area contributed by atoms with Crippen molar-refractivity contribution >= 4 is 27.3 Å². The second kappa shape index (κ2) is 5.57. The van der Waals surface area contributed by atoms with Gasteiger partial charge in [-0.2, -0.15) is 0 Å². The van der Waals surface area contributed by atoms with Crippen LogP contribution in [0.1, 0.15) is 30.9 Å². The van der Waals surface area contributed by atoms with E-state index in [1.165, 1.54) is 4.18 Å². The molecule has 1 aromatic rings. The predicted octanol–water partition coefficient (Wildman–Crippen LogP) is 2.32. The zero-order valence-corrected chi connectivity index (χ0v) is 15.0. The first-order valence-corrected chi connectivity index (χ1v) is 13.3. The van der Waals surface area contributed by atoms with Gasteiger partial charge in [-0.15, -0.1) is 0 Å². The van der Waals surface area contributed by atoms with Gasteiger partial charge in [-0.3, -0.25) is 0 Å². The Morgan fingerprint density at radius 3 is 2.60 bits per heavy atom. The van der Waals surface area contributed by atoms with Crippen LogP contribution in [0, 0.1) is 5.92 Å². The second-order valence-electron chi connectivity index (χ2n) is 6.10. The van der Waals surface area contributed by atoms with E-state index in [1.54, 1.807) is 0 Å². The molecule has 3 rings (SSSR count). The van der Waals surface area contributed by atoms with Crippen LogP contribution in [0.25, 0.3) is 0 Å². The van der Waals surface area contributed by atoms with Crippen LogP contribution < -0.4 is 11.5 Å². The molecule has 4 N–H and O–H groups in total. The molecule has 1 heterocycles. The van der Waals surface area contributed by atoms with E-state index >= 15 is 0 Å². The summed E-state index contributed by atoms with van der Waals surface area (Å²) < 4.78 is 3.41. The van der Waals surface area contributed by atoms with Crippen molar-refractivity contribution in [2.75, 3.05) is 0 Å². The van der Waals surface area contributed by atoms with Gasteiger partial charge < -0.3 is 0 Å². The molecular weight excluding hydrogens is 351 g/mol. The number of primary amides is 1. The third kappa shape index (κ3) is 2.13. The first kappa shape index (κ1) is 14.2. The van der Waals surface area contributed by atoms with Gasteiger partial charge in [0.2, 0.25) is 0 Å². The van der Waals surface area contributed by atoms with Crippen molar-refractivity contribution in [2.24, 2.45) is 17.4 Å². The van der Waals surface area contributed by atoms with Crippen LogP contribution in [0.2, 0.25) is 7.35 Å². The minimum absolute atomic E-state index is 0.0526. The van der Waals surface area contributed by atoms with Crippen LogP contribution in [-0.2, 0) is 4.79 Å². The van der Waals surface area contributed by atoms with E-state index in [9.17, 15) is 4.79 Å². The average Bonchev–Trinajstić information content (AvgIpc) is 2.93. The van der Waals surface area contributed by atoms with Gasteiger partial charge in [0.25, 0.3) is 0 Å². The van der Waals surface area contributed by atoms with E-state index in [0.29, 0.717) is 0 Å². The fraction of sp³-hybridized carbons (Fsp3) is 0.438. The molecule has 1 aromatic carbocycles. The van der Waals surface area contributed by atoms with Gasteiger partial charge in [0.05, 0.1) is 0 Å². The summed E-state index contributed by atoms with van der Waals surface area (Å²) in [6, 6.07) is 10.1. The zero-order chi connectivity index (χ0) is 14.2. The second-order valence-corrected chi connectivity index (χ2v) is 15.2. The number of hydrogen-bond donors (Lipinski definition) is 2. The maximum absolute atomic E-state index is 12.2. The number of nitrogens with two attached hydrogens (primary N) is 2. The number of carbonyl (C=O) groups is 1. The Balaban J connectivity index is 1.89. The molecule has 1 aliphatic heterocycles. The van der Waals surface area contributed by atoms with Crippen molar-refractivity contribution in [3.05, 3.63) is 45.8 Å². The fourth-order valence-corrected chi connectivity index (χ4v) is 15.3. The van der Waals surface area contributed by atoms with Gasteiger partial charge in [-0.1, -0.05) is 0 Å². The molecule has 3 unspecified atom stereocenters. The maximum atomic E-state index is 12.2. The molecule has 4 heteroatoms. The van der Waals surface area contributed by atoms with Crippen molar-refractivity contribution < 1.29 is 4.79 Å². The number of carbonyl (C=O) groups excluding carboxylic acids is 1. The van der Waals surface area contributed by atoms with Crippen molar-refractivity contribution in [1.82, 2.24) is 0 Å². The van der Waals surface area contributed by atoms with E-state index in [-0.39, 0.29) is 21.0 Å². The van der Waals surface area contributed by atoms with Gasteiger partial charge in [-0.25, -0.2) is 0 Å². The Morgan fingerprint density at radius 2 is 2.10 bits per heavy atom. The summed E-state index contributed by atoms with van der Waals surface area (Å²) in [6.45, 7) is 0. The van der Waals surface area contributed by atoms with Gasteiger partial charge in [-0.05, 0) is 0 Å². The third-order valence-corrected chi connectivity index (χ3v) is 16.7. The summed E-state index contributed by atoms with van der Waals surface area (Å²) in [5.74, 6) is 0.179. The summed E-state index contributed by atoms with van der Waals surface area (Å²) in [5.41, 5.74) is 13.5. The number of rotatable bonds is 4. The summed E-state index contributed by atoms with van der Waals surface area (Å²) in [6.07, 6.45) is 5.41. The monoisotopic (exact) mass is 372 g/mol. The third-order valence-electron chi connectivity index (χ3n) is 5.28. The first-order chi connectivity index (χ1) is 9.66. The number of hydrogen-bond acceptors (Lipinski definition) is 2. The topological polar surface area (TPSA) is 69.1 Å². The molecule has 1 aliphatic carbocycles. The van der Waals surface area contributed by atoms with Crippen molar-refractivity contribution in [1.29, 1.82) is 0 Å². The van der Waals surface area contributed by atoms with Gasteiger partial charge in [0, 0.05) is 0 Å². The average molecular weight is 372 g/mol. The Kier molecular flexibility index (Phi) is 3.95. The molecule has 0 saturated heterocycles. The summed E-state index contributed by atoms with van der Waals surface area (Å²) in [4.78, 5) is 12.2. The quantitative estimate of drug-likeness (QED) is 0.852. The molecule has 0 spiro atoms. The molecule has 20 heavy (non-hydrogen) atoms.